The first-order chi connectivity index (χ1) is 13.0. The topological polar surface area (TPSA) is 96.5 Å². The van der Waals surface area contributed by atoms with Crippen molar-refractivity contribution in [3.05, 3.63) is 51.4 Å². The van der Waals surface area contributed by atoms with Crippen molar-refractivity contribution in [3.8, 4) is 0 Å². The second-order valence-corrected chi connectivity index (χ2v) is 7.35. The van der Waals surface area contributed by atoms with Gasteiger partial charge in [-0.2, -0.15) is 0 Å². The standard InChI is InChI=1S/C19H23N5O3/c1-4-13-7-18(25)24-17(20-13)9-14(21-24)12-5-6-23(10-12)19(26)15-8-16(11(2)3)27-22-15/h7-9,11-12,21H,4-6,10H2,1-3H3/t12-/m0/s1. The molecule has 4 heterocycles. The Kier molecular flexibility index (Phi) is 4.33. The molecule has 1 fully saturated rings. The van der Waals surface area contributed by atoms with Gasteiger partial charge in [-0.25, -0.2) is 9.50 Å². The van der Waals surface area contributed by atoms with E-state index in [4.69, 9.17) is 4.52 Å². The molecular formula is C19H23N5O3. The number of nitrogens with one attached hydrogen (secondary N) is 1. The number of hydrogen-bond acceptors (Lipinski definition) is 5. The summed E-state index contributed by atoms with van der Waals surface area (Å²) in [4.78, 5) is 31.2. The smallest absolute Gasteiger partial charge is 0.276 e. The molecule has 8 nitrogen and oxygen atoms in total. The molecule has 27 heavy (non-hydrogen) atoms. The summed E-state index contributed by atoms with van der Waals surface area (Å²) in [7, 11) is 0. The number of aromatic nitrogens is 4. The van der Waals surface area contributed by atoms with Gasteiger partial charge in [-0.15, -0.1) is 0 Å². The third-order valence-corrected chi connectivity index (χ3v) is 5.12. The fourth-order valence-corrected chi connectivity index (χ4v) is 3.47. The zero-order chi connectivity index (χ0) is 19.1. The Morgan fingerprint density at radius 2 is 2.19 bits per heavy atom. The molecule has 0 saturated carbocycles. The summed E-state index contributed by atoms with van der Waals surface area (Å²) in [6.45, 7) is 7.18. The molecular weight excluding hydrogens is 346 g/mol. The molecule has 3 aromatic rings. The van der Waals surface area contributed by atoms with Crippen molar-refractivity contribution >= 4 is 11.6 Å². The zero-order valence-electron chi connectivity index (χ0n) is 15.7. The number of carbonyl (C=O) groups is 1. The van der Waals surface area contributed by atoms with Crippen molar-refractivity contribution in [2.75, 3.05) is 13.1 Å². The van der Waals surface area contributed by atoms with E-state index in [2.05, 4.69) is 15.2 Å². The third-order valence-electron chi connectivity index (χ3n) is 5.12. The van der Waals surface area contributed by atoms with Gasteiger partial charge in [-0.05, 0) is 12.8 Å². The number of nitrogens with zero attached hydrogens (tertiary/aromatic N) is 4. The highest BCUT2D eigenvalue weighted by molar-refractivity contribution is 5.92. The highest BCUT2D eigenvalue weighted by atomic mass is 16.5. The van der Waals surface area contributed by atoms with E-state index in [1.165, 1.54) is 4.52 Å². The van der Waals surface area contributed by atoms with E-state index >= 15 is 0 Å². The van der Waals surface area contributed by atoms with Crippen molar-refractivity contribution in [2.24, 2.45) is 0 Å². The maximum absolute atomic E-state index is 12.7. The molecule has 1 saturated heterocycles. The Bertz CT molecular complexity index is 1050. The van der Waals surface area contributed by atoms with Crippen LogP contribution in [-0.2, 0) is 6.42 Å². The normalized spacial score (nSPS) is 17.3. The van der Waals surface area contributed by atoms with Crippen LogP contribution in [0.1, 0.15) is 66.7 Å². The van der Waals surface area contributed by atoms with Gasteiger partial charge in [0.2, 0.25) is 0 Å². The molecule has 1 amide bonds. The lowest BCUT2D eigenvalue weighted by Crippen LogP contribution is -2.28. The van der Waals surface area contributed by atoms with Gasteiger partial charge in [0, 0.05) is 54.5 Å². The minimum atomic E-state index is -0.118. The number of carbonyl (C=O) groups excluding carboxylic acids is 1. The first kappa shape index (κ1) is 17.5. The number of likely N-dealkylation sites (tertiary alicyclic amines) is 1. The van der Waals surface area contributed by atoms with Crippen LogP contribution in [0.15, 0.2) is 27.5 Å². The van der Waals surface area contributed by atoms with Crippen LogP contribution >= 0.6 is 0 Å². The van der Waals surface area contributed by atoms with Gasteiger partial charge in [0.25, 0.3) is 11.5 Å². The highest BCUT2D eigenvalue weighted by Gasteiger charge is 2.31. The number of H-pyrrole nitrogens is 1. The molecule has 0 spiro atoms. The van der Waals surface area contributed by atoms with Crippen molar-refractivity contribution in [3.63, 3.8) is 0 Å². The SMILES string of the molecule is CCc1cc(=O)n2[nH]c([C@H]3CCN(C(=O)c4cc(C(C)C)on4)C3)cc2n1. The lowest BCUT2D eigenvalue weighted by molar-refractivity contribution is 0.0780. The first-order valence-corrected chi connectivity index (χ1v) is 9.33. The van der Waals surface area contributed by atoms with E-state index in [0.29, 0.717) is 36.6 Å². The minimum absolute atomic E-state index is 0.113. The monoisotopic (exact) mass is 369 g/mol. The molecule has 4 rings (SSSR count). The highest BCUT2D eigenvalue weighted by Crippen LogP contribution is 2.28. The average Bonchev–Trinajstić information content (AvgIpc) is 3.38. The van der Waals surface area contributed by atoms with Crippen molar-refractivity contribution in [1.29, 1.82) is 0 Å². The Balaban J connectivity index is 1.53. The van der Waals surface area contributed by atoms with Crippen LogP contribution in [0.3, 0.4) is 0 Å². The summed E-state index contributed by atoms with van der Waals surface area (Å²) in [6, 6.07) is 5.18. The number of rotatable bonds is 4. The van der Waals surface area contributed by atoms with Crippen LogP contribution < -0.4 is 5.56 Å². The Hall–Kier alpha value is -2.90. The third kappa shape index (κ3) is 3.15. The Morgan fingerprint density at radius 3 is 2.89 bits per heavy atom. The van der Waals surface area contributed by atoms with Gasteiger partial charge in [0.05, 0.1) is 0 Å². The van der Waals surface area contributed by atoms with Gasteiger partial charge in [-0.3, -0.25) is 14.7 Å². The molecule has 1 aliphatic heterocycles. The number of hydrogen-bond donors (Lipinski definition) is 1. The summed E-state index contributed by atoms with van der Waals surface area (Å²) < 4.78 is 6.71. The number of aryl methyl sites for hydroxylation is 1. The largest absolute Gasteiger partial charge is 0.360 e. The predicted molar refractivity (Wildman–Crippen MR) is 99.0 cm³/mol. The molecule has 1 atom stereocenters. The zero-order valence-corrected chi connectivity index (χ0v) is 15.7. The molecule has 0 aliphatic carbocycles. The second kappa shape index (κ2) is 6.68. The summed E-state index contributed by atoms with van der Waals surface area (Å²) in [5.41, 5.74) is 2.56. The second-order valence-electron chi connectivity index (χ2n) is 7.35. The molecule has 0 unspecified atom stereocenters. The average molecular weight is 369 g/mol. The van der Waals surface area contributed by atoms with Crippen molar-refractivity contribution in [2.45, 2.75) is 45.4 Å². The van der Waals surface area contributed by atoms with Gasteiger partial charge >= 0.3 is 0 Å². The van der Waals surface area contributed by atoms with E-state index < -0.39 is 0 Å². The van der Waals surface area contributed by atoms with Crippen LogP contribution in [0.2, 0.25) is 0 Å². The Morgan fingerprint density at radius 1 is 1.37 bits per heavy atom. The first-order valence-electron chi connectivity index (χ1n) is 9.33. The molecule has 1 N–H and O–H groups in total. The van der Waals surface area contributed by atoms with E-state index in [0.717, 1.165) is 17.8 Å². The fourth-order valence-electron chi connectivity index (χ4n) is 3.47. The van der Waals surface area contributed by atoms with Crippen LogP contribution in [0, 0.1) is 0 Å². The summed E-state index contributed by atoms with van der Waals surface area (Å²) >= 11 is 0. The Labute approximate surface area is 156 Å². The van der Waals surface area contributed by atoms with Crippen LogP contribution in [-0.4, -0.2) is 43.7 Å². The molecule has 8 heteroatoms. The number of amides is 1. The van der Waals surface area contributed by atoms with Crippen LogP contribution in [0.5, 0.6) is 0 Å². The van der Waals surface area contributed by atoms with Crippen LogP contribution in [0.4, 0.5) is 0 Å². The van der Waals surface area contributed by atoms with E-state index in [1.807, 2.05) is 26.8 Å². The lowest BCUT2D eigenvalue weighted by atomic mass is 10.1. The molecule has 3 aromatic heterocycles. The molecule has 0 bridgehead atoms. The fraction of sp³-hybridized carbons (Fsp3) is 0.474. The molecule has 0 radical (unpaired) electrons. The van der Waals surface area contributed by atoms with E-state index in [-0.39, 0.29) is 23.3 Å². The van der Waals surface area contributed by atoms with E-state index in [1.54, 1.807) is 17.0 Å². The maximum atomic E-state index is 12.7. The summed E-state index contributed by atoms with van der Waals surface area (Å²) in [5, 5.41) is 7.06. The van der Waals surface area contributed by atoms with E-state index in [9.17, 15) is 9.59 Å². The molecule has 0 aromatic carbocycles. The van der Waals surface area contributed by atoms with Gasteiger partial charge in [0.15, 0.2) is 11.3 Å². The quantitative estimate of drug-likeness (QED) is 0.761. The lowest BCUT2D eigenvalue weighted by Gasteiger charge is -2.14. The van der Waals surface area contributed by atoms with Crippen molar-refractivity contribution in [1.82, 2.24) is 24.7 Å². The summed E-state index contributed by atoms with van der Waals surface area (Å²) in [6.07, 6.45) is 1.54. The number of aromatic amines is 1. The molecule has 142 valence electrons. The minimum Gasteiger partial charge on any atom is -0.360 e. The van der Waals surface area contributed by atoms with Crippen LogP contribution in [0.25, 0.3) is 5.65 Å². The van der Waals surface area contributed by atoms with Gasteiger partial charge < -0.3 is 9.42 Å². The molecule has 1 aliphatic rings. The van der Waals surface area contributed by atoms with Gasteiger partial charge in [0.1, 0.15) is 5.76 Å². The van der Waals surface area contributed by atoms with Crippen molar-refractivity contribution < 1.29 is 9.32 Å². The maximum Gasteiger partial charge on any atom is 0.276 e. The van der Waals surface area contributed by atoms with Gasteiger partial charge in [-0.1, -0.05) is 25.9 Å². The summed E-state index contributed by atoms with van der Waals surface area (Å²) in [5.74, 6) is 0.918. The number of fused-ring (bicyclic) bond motifs is 1. The predicted octanol–water partition coefficient (Wildman–Crippen LogP) is 2.33.